The zero-order valence-electron chi connectivity index (χ0n) is 22.0. The molecule has 0 spiro atoms. The Hall–Kier alpha value is -3.55. The summed E-state index contributed by atoms with van der Waals surface area (Å²) in [7, 11) is -3.88. The van der Waals surface area contributed by atoms with Gasteiger partial charge in [0.25, 0.3) is 0 Å². The van der Waals surface area contributed by atoms with Crippen LogP contribution in [0.15, 0.2) is 109 Å². The Morgan fingerprint density at radius 1 is 0.800 bits per heavy atom. The maximum atomic E-state index is 9.75. The monoisotopic (exact) mass is 585 g/mol. The van der Waals surface area contributed by atoms with E-state index in [1.54, 1.807) is 0 Å². The molecule has 206 valence electrons. The predicted molar refractivity (Wildman–Crippen MR) is 158 cm³/mol. The summed E-state index contributed by atoms with van der Waals surface area (Å²) >= 11 is 12.2. The lowest BCUT2D eigenvalue weighted by Crippen LogP contribution is -2.26. The van der Waals surface area contributed by atoms with Crippen LogP contribution >= 0.6 is 23.2 Å². The Kier molecular flexibility index (Phi) is 8.76. The van der Waals surface area contributed by atoms with Gasteiger partial charge in [-0.3, -0.25) is 0 Å². The van der Waals surface area contributed by atoms with E-state index in [1.165, 1.54) is 17.0 Å². The highest BCUT2D eigenvalue weighted by Gasteiger charge is 2.42. The second-order valence-corrected chi connectivity index (χ2v) is 10.6. The second-order valence-electron chi connectivity index (χ2n) is 9.73. The number of para-hydroxylation sites is 1. The molecule has 2 nitrogen and oxygen atoms in total. The zero-order chi connectivity index (χ0) is 29.1. The van der Waals surface area contributed by atoms with E-state index >= 15 is 0 Å². The number of allylic oxidation sites excluding steroid dienone is 6. The zero-order valence-corrected chi connectivity index (χ0v) is 23.5. The largest absolute Gasteiger partial charge is 0.673 e. The summed E-state index contributed by atoms with van der Waals surface area (Å²) in [6.45, 7) is 4.53. The first-order valence-electron chi connectivity index (χ1n) is 12.4. The molecule has 5 rings (SSSR count). The first-order chi connectivity index (χ1) is 18.8. The van der Waals surface area contributed by atoms with E-state index in [0.29, 0.717) is 10.0 Å². The first-order valence-corrected chi connectivity index (χ1v) is 13.2. The van der Waals surface area contributed by atoms with Crippen molar-refractivity contribution in [3.63, 3.8) is 0 Å². The van der Waals surface area contributed by atoms with Crippen molar-refractivity contribution < 1.29 is 26.6 Å². The molecule has 2 aliphatic heterocycles. The van der Waals surface area contributed by atoms with Gasteiger partial charge in [0.05, 0.1) is 5.41 Å². The molecule has 0 atom stereocenters. The van der Waals surface area contributed by atoms with E-state index in [2.05, 4.69) is 68.0 Å². The molecule has 0 aromatic heterocycles. The molecule has 0 radical (unpaired) electrons. The SMILES string of the molecule is C[N+]1=C(/C=C/C=C2\C=C(c3ccc(Cl)cc3)C=C(c3ccc(Cl)cc3)O2)C(C)(C)c2ccccc21.F[B-](F)(F)F. The minimum absolute atomic E-state index is 0.0769. The molecule has 9 heteroatoms. The summed E-state index contributed by atoms with van der Waals surface area (Å²) in [4.78, 5) is 0. The van der Waals surface area contributed by atoms with Gasteiger partial charge < -0.3 is 22.0 Å². The fraction of sp³-hybridized carbons (Fsp3) is 0.129. The summed E-state index contributed by atoms with van der Waals surface area (Å²) in [6.07, 6.45) is 10.4. The van der Waals surface area contributed by atoms with Gasteiger partial charge in [-0.05, 0) is 79.6 Å². The van der Waals surface area contributed by atoms with Crippen LogP contribution in [0.25, 0.3) is 11.3 Å². The topological polar surface area (TPSA) is 12.2 Å². The first kappa shape index (κ1) is 29.4. The van der Waals surface area contributed by atoms with Crippen molar-refractivity contribution in [2.45, 2.75) is 19.3 Å². The Labute approximate surface area is 241 Å². The van der Waals surface area contributed by atoms with E-state index in [0.717, 1.165) is 28.2 Å². The smallest absolute Gasteiger partial charge is 0.457 e. The van der Waals surface area contributed by atoms with Gasteiger partial charge in [-0.25, -0.2) is 0 Å². The highest BCUT2D eigenvalue weighted by molar-refractivity contribution is 6.50. The second kappa shape index (κ2) is 11.9. The van der Waals surface area contributed by atoms with Crippen molar-refractivity contribution in [3.05, 3.63) is 136 Å². The third-order valence-electron chi connectivity index (χ3n) is 6.57. The van der Waals surface area contributed by atoms with Gasteiger partial charge in [-0.15, -0.1) is 0 Å². The standard InChI is InChI=1S/C31H26Cl2NO.BF4/c1-31(2)27-8-4-5-9-28(27)34(3)30(31)10-6-7-26-19-23(21-11-15-24(32)16-12-21)20-29(35-26)22-13-17-25(33)18-14-22;2-1(3,4)5/h4-20H,1-3H3;/q+1;-1/b10-6+,26-7+;. The summed E-state index contributed by atoms with van der Waals surface area (Å²) in [5.74, 6) is 1.53. The van der Waals surface area contributed by atoms with Crippen molar-refractivity contribution in [2.24, 2.45) is 0 Å². The lowest BCUT2D eigenvalue weighted by molar-refractivity contribution is -0.401. The average Bonchev–Trinajstić information content (AvgIpc) is 3.09. The average molecular weight is 586 g/mol. The van der Waals surface area contributed by atoms with Crippen molar-refractivity contribution in [1.82, 2.24) is 0 Å². The number of fused-ring (bicyclic) bond motifs is 1. The molecule has 0 aliphatic carbocycles. The summed E-state index contributed by atoms with van der Waals surface area (Å²) < 4.78 is 47.6. The van der Waals surface area contributed by atoms with Crippen LogP contribution < -0.4 is 0 Å². The van der Waals surface area contributed by atoms with E-state index < -0.39 is 7.25 Å². The number of benzene rings is 3. The van der Waals surface area contributed by atoms with Crippen LogP contribution in [0.3, 0.4) is 0 Å². The quantitative estimate of drug-likeness (QED) is 0.168. The third kappa shape index (κ3) is 7.15. The fourth-order valence-corrected chi connectivity index (χ4v) is 4.96. The Balaban J connectivity index is 0.000000681. The van der Waals surface area contributed by atoms with Crippen LogP contribution in [0.4, 0.5) is 23.0 Å². The summed E-state index contributed by atoms with van der Waals surface area (Å²) in [5.41, 5.74) is 6.83. The van der Waals surface area contributed by atoms with Gasteiger partial charge in [-0.2, -0.15) is 4.58 Å². The third-order valence-corrected chi connectivity index (χ3v) is 7.08. The molecular formula is C31H26BCl2F4NO. The lowest BCUT2D eigenvalue weighted by Gasteiger charge is -2.18. The molecule has 2 aliphatic rings. The van der Waals surface area contributed by atoms with Crippen LogP contribution in [0.1, 0.15) is 30.5 Å². The molecule has 40 heavy (non-hydrogen) atoms. The number of nitrogens with zero attached hydrogens (tertiary/aromatic N) is 1. The van der Waals surface area contributed by atoms with Gasteiger partial charge in [0.15, 0.2) is 5.71 Å². The molecule has 0 fully saturated rings. The van der Waals surface area contributed by atoms with Crippen LogP contribution in [0.2, 0.25) is 10.0 Å². The van der Waals surface area contributed by atoms with Crippen LogP contribution in [-0.4, -0.2) is 24.6 Å². The Morgan fingerprint density at radius 2 is 1.35 bits per heavy atom. The molecular weight excluding hydrogens is 560 g/mol. The number of ether oxygens (including phenoxy) is 1. The highest BCUT2D eigenvalue weighted by Crippen LogP contribution is 2.39. The van der Waals surface area contributed by atoms with Crippen molar-refractivity contribution >= 4 is 53.2 Å². The molecule has 2 heterocycles. The van der Waals surface area contributed by atoms with Gasteiger partial charge >= 0.3 is 7.25 Å². The van der Waals surface area contributed by atoms with Gasteiger partial charge in [0, 0.05) is 33.3 Å². The predicted octanol–water partition coefficient (Wildman–Crippen LogP) is 9.89. The highest BCUT2D eigenvalue weighted by atomic mass is 35.5. The van der Waals surface area contributed by atoms with E-state index in [1.807, 2.05) is 60.7 Å². The molecule has 0 saturated carbocycles. The maximum absolute atomic E-state index is 9.75. The van der Waals surface area contributed by atoms with Gasteiger partial charge in [0.1, 0.15) is 18.6 Å². The lowest BCUT2D eigenvalue weighted by atomic mass is 9.81. The minimum Gasteiger partial charge on any atom is -0.457 e. The van der Waals surface area contributed by atoms with E-state index in [9.17, 15) is 17.3 Å². The minimum atomic E-state index is -6.00. The number of hydrogen-bond donors (Lipinski definition) is 0. The van der Waals surface area contributed by atoms with Gasteiger partial charge in [-0.1, -0.05) is 59.6 Å². The molecule has 0 saturated heterocycles. The molecule has 3 aromatic rings. The molecule has 0 unspecified atom stereocenters. The number of halogens is 6. The van der Waals surface area contributed by atoms with E-state index in [4.69, 9.17) is 27.9 Å². The van der Waals surface area contributed by atoms with Crippen LogP contribution in [0.5, 0.6) is 0 Å². The molecule has 0 amide bonds. The van der Waals surface area contributed by atoms with Crippen LogP contribution in [-0.2, 0) is 10.2 Å². The normalized spacial score (nSPS) is 17.2. The van der Waals surface area contributed by atoms with Crippen molar-refractivity contribution in [2.75, 3.05) is 7.05 Å². The fourth-order valence-electron chi connectivity index (χ4n) is 4.71. The molecule has 0 bridgehead atoms. The van der Waals surface area contributed by atoms with Crippen LogP contribution in [0, 0.1) is 0 Å². The van der Waals surface area contributed by atoms with Gasteiger partial charge in [0.2, 0.25) is 5.69 Å². The van der Waals surface area contributed by atoms with E-state index in [-0.39, 0.29) is 5.41 Å². The molecule has 0 N–H and O–H groups in total. The number of hydrogen-bond acceptors (Lipinski definition) is 1. The Morgan fingerprint density at radius 3 is 1.93 bits per heavy atom. The number of rotatable bonds is 4. The summed E-state index contributed by atoms with van der Waals surface area (Å²) in [6, 6.07) is 24.1. The van der Waals surface area contributed by atoms with Crippen molar-refractivity contribution in [3.8, 4) is 0 Å². The molecule has 3 aromatic carbocycles. The summed E-state index contributed by atoms with van der Waals surface area (Å²) in [5, 5.41) is 1.40. The van der Waals surface area contributed by atoms with Crippen molar-refractivity contribution in [1.29, 1.82) is 0 Å². The Bertz CT molecular complexity index is 1550. The maximum Gasteiger partial charge on any atom is 0.673 e.